The van der Waals surface area contributed by atoms with Gasteiger partial charge in [-0.1, -0.05) is 0 Å². The van der Waals surface area contributed by atoms with Crippen LogP contribution in [0.3, 0.4) is 0 Å². The molecule has 0 aromatic carbocycles. The number of nitrogens with zero attached hydrogens (tertiary/aromatic N) is 1. The van der Waals surface area contributed by atoms with Crippen LogP contribution in [-0.2, 0) is 14.3 Å². The van der Waals surface area contributed by atoms with Gasteiger partial charge in [-0.15, -0.1) is 0 Å². The highest BCUT2D eigenvalue weighted by atomic mass is 16.6. The first kappa shape index (κ1) is 11.4. The largest absolute Gasteiger partial charge is 0.444 e. The number of carbonyl (C=O) groups excluding carboxylic acids is 2. The summed E-state index contributed by atoms with van der Waals surface area (Å²) in [6.45, 7) is 6.25. The van der Waals surface area contributed by atoms with Gasteiger partial charge in [0.2, 0.25) is 0 Å². The Morgan fingerprint density at radius 2 is 2.12 bits per heavy atom. The molecule has 0 aromatic rings. The Bertz CT molecular complexity index is 320. The van der Waals surface area contributed by atoms with Crippen LogP contribution < -0.4 is 0 Å². The molecule has 2 aliphatic heterocycles. The summed E-state index contributed by atoms with van der Waals surface area (Å²) in [6, 6.07) is 0. The predicted octanol–water partition coefficient (Wildman–Crippen LogP) is 0.964. The lowest BCUT2D eigenvalue weighted by atomic mass is 10.2. The van der Waals surface area contributed by atoms with E-state index in [1.54, 1.807) is 4.90 Å². The van der Waals surface area contributed by atoms with Crippen molar-refractivity contribution in [3.8, 4) is 0 Å². The minimum Gasteiger partial charge on any atom is -0.444 e. The number of morpholine rings is 1. The first-order valence-electron chi connectivity index (χ1n) is 5.51. The maximum Gasteiger partial charge on any atom is 0.410 e. The summed E-state index contributed by atoms with van der Waals surface area (Å²) in [5, 5.41) is 0. The van der Waals surface area contributed by atoms with Gasteiger partial charge in [0.05, 0.1) is 19.2 Å². The fourth-order valence-corrected chi connectivity index (χ4v) is 1.96. The summed E-state index contributed by atoms with van der Waals surface area (Å²) in [5.41, 5.74) is -0.502. The zero-order chi connectivity index (χ0) is 11.9. The fraction of sp³-hybridized carbons (Fsp3) is 0.818. The average Bonchev–Trinajstić information content (AvgIpc) is 2.37. The molecular formula is C11H17NO4. The molecule has 5 heteroatoms. The minimum absolute atomic E-state index is 0.0936. The quantitative estimate of drug-likeness (QED) is 0.618. The van der Waals surface area contributed by atoms with Crippen molar-refractivity contribution in [2.45, 2.75) is 45.0 Å². The molecule has 0 saturated carbocycles. The minimum atomic E-state index is -0.502. The number of rotatable bonds is 0. The van der Waals surface area contributed by atoms with Crippen LogP contribution in [0, 0.1) is 0 Å². The Labute approximate surface area is 94.7 Å². The van der Waals surface area contributed by atoms with E-state index in [9.17, 15) is 9.59 Å². The van der Waals surface area contributed by atoms with Crippen LogP contribution in [0.15, 0.2) is 0 Å². The number of Topliss-reactive ketones (excluding diaryl/α,β-unsaturated/α-hetero) is 1. The second-order valence-corrected chi connectivity index (χ2v) is 5.30. The van der Waals surface area contributed by atoms with Crippen LogP contribution in [0.25, 0.3) is 0 Å². The number of ether oxygens (including phenoxy) is 2. The van der Waals surface area contributed by atoms with Crippen molar-refractivity contribution < 1.29 is 19.1 Å². The number of ketones is 1. The Kier molecular flexibility index (Phi) is 2.66. The molecule has 2 bridgehead atoms. The van der Waals surface area contributed by atoms with E-state index < -0.39 is 11.7 Å². The van der Waals surface area contributed by atoms with Gasteiger partial charge in [0.15, 0.2) is 5.78 Å². The van der Waals surface area contributed by atoms with E-state index in [1.165, 1.54) is 0 Å². The van der Waals surface area contributed by atoms with Crippen LogP contribution in [0.4, 0.5) is 4.79 Å². The van der Waals surface area contributed by atoms with Gasteiger partial charge in [-0.2, -0.15) is 0 Å². The van der Waals surface area contributed by atoms with E-state index in [0.29, 0.717) is 19.5 Å². The molecule has 5 nitrogen and oxygen atoms in total. The van der Waals surface area contributed by atoms with E-state index >= 15 is 0 Å². The Balaban J connectivity index is 1.97. The Morgan fingerprint density at radius 3 is 2.69 bits per heavy atom. The first-order chi connectivity index (χ1) is 7.35. The molecule has 0 spiro atoms. The highest BCUT2D eigenvalue weighted by Gasteiger charge is 2.42. The average molecular weight is 227 g/mol. The molecule has 0 aliphatic carbocycles. The monoisotopic (exact) mass is 227 g/mol. The molecule has 16 heavy (non-hydrogen) atoms. The summed E-state index contributed by atoms with van der Waals surface area (Å²) >= 11 is 0. The number of amides is 1. The molecule has 90 valence electrons. The van der Waals surface area contributed by atoms with Crippen LogP contribution in [0.2, 0.25) is 0 Å². The van der Waals surface area contributed by atoms with E-state index in [1.807, 2.05) is 20.8 Å². The van der Waals surface area contributed by atoms with Crippen molar-refractivity contribution in [3.63, 3.8) is 0 Å². The molecule has 2 aliphatic rings. The summed E-state index contributed by atoms with van der Waals surface area (Å²) < 4.78 is 10.7. The van der Waals surface area contributed by atoms with Gasteiger partial charge in [-0.05, 0) is 20.8 Å². The summed E-state index contributed by atoms with van der Waals surface area (Å²) in [4.78, 5) is 24.7. The van der Waals surface area contributed by atoms with E-state index in [2.05, 4.69) is 0 Å². The number of hydrogen-bond acceptors (Lipinski definition) is 4. The van der Waals surface area contributed by atoms with E-state index in [4.69, 9.17) is 9.47 Å². The molecule has 2 heterocycles. The van der Waals surface area contributed by atoms with Crippen molar-refractivity contribution in [3.05, 3.63) is 0 Å². The first-order valence-corrected chi connectivity index (χ1v) is 5.51. The summed E-state index contributed by atoms with van der Waals surface area (Å²) in [6.07, 6.45) is -0.519. The molecule has 0 N–H and O–H groups in total. The fourth-order valence-electron chi connectivity index (χ4n) is 1.96. The highest BCUT2D eigenvalue weighted by molar-refractivity contribution is 5.86. The topological polar surface area (TPSA) is 55.8 Å². The summed E-state index contributed by atoms with van der Waals surface area (Å²) in [7, 11) is 0. The van der Waals surface area contributed by atoms with Crippen molar-refractivity contribution in [1.29, 1.82) is 0 Å². The SMILES string of the molecule is CC(C)(C)OC(=O)N1C[C@H]2CC(=O)[C@@H](C1)O2. The number of hydrogen-bond donors (Lipinski definition) is 0. The van der Waals surface area contributed by atoms with Crippen molar-refractivity contribution in [1.82, 2.24) is 4.90 Å². The number of carbonyl (C=O) groups is 2. The zero-order valence-corrected chi connectivity index (χ0v) is 9.86. The van der Waals surface area contributed by atoms with E-state index in [0.717, 1.165) is 0 Å². The predicted molar refractivity (Wildman–Crippen MR) is 56.1 cm³/mol. The van der Waals surface area contributed by atoms with Gasteiger partial charge in [0.25, 0.3) is 0 Å². The smallest absolute Gasteiger partial charge is 0.410 e. The van der Waals surface area contributed by atoms with Gasteiger partial charge < -0.3 is 14.4 Å². The van der Waals surface area contributed by atoms with Crippen LogP contribution in [-0.4, -0.2) is 47.7 Å². The van der Waals surface area contributed by atoms with Crippen molar-refractivity contribution in [2.75, 3.05) is 13.1 Å². The van der Waals surface area contributed by atoms with Crippen molar-refractivity contribution in [2.24, 2.45) is 0 Å². The van der Waals surface area contributed by atoms with Gasteiger partial charge in [0, 0.05) is 6.42 Å². The second-order valence-electron chi connectivity index (χ2n) is 5.30. The second kappa shape index (κ2) is 3.73. The third kappa shape index (κ3) is 2.35. The van der Waals surface area contributed by atoms with Gasteiger partial charge in [-0.25, -0.2) is 4.79 Å². The third-order valence-electron chi connectivity index (χ3n) is 2.61. The van der Waals surface area contributed by atoms with Gasteiger partial charge >= 0.3 is 6.09 Å². The highest BCUT2D eigenvalue weighted by Crippen LogP contribution is 2.24. The molecule has 2 rings (SSSR count). The van der Waals surface area contributed by atoms with Gasteiger partial charge in [0.1, 0.15) is 11.7 Å². The maximum atomic E-state index is 11.8. The molecule has 2 fully saturated rings. The van der Waals surface area contributed by atoms with Gasteiger partial charge in [-0.3, -0.25) is 4.79 Å². The molecule has 0 aromatic heterocycles. The van der Waals surface area contributed by atoms with Crippen LogP contribution in [0.1, 0.15) is 27.2 Å². The van der Waals surface area contributed by atoms with E-state index in [-0.39, 0.29) is 18.0 Å². The maximum absolute atomic E-state index is 11.8. The van der Waals surface area contributed by atoms with Crippen molar-refractivity contribution >= 4 is 11.9 Å². The lowest BCUT2D eigenvalue weighted by Crippen LogP contribution is -2.48. The molecule has 1 amide bonds. The number of likely N-dealkylation sites (tertiary alicyclic amines) is 1. The zero-order valence-electron chi connectivity index (χ0n) is 9.86. The standard InChI is InChI=1S/C11H17NO4/c1-11(2,3)16-10(14)12-5-7-4-8(13)9(6-12)15-7/h7,9H,4-6H2,1-3H3/t7-,9-/m1/s1. The Morgan fingerprint density at radius 1 is 1.44 bits per heavy atom. The molecule has 2 saturated heterocycles. The van der Waals surface area contributed by atoms with Crippen LogP contribution in [0.5, 0.6) is 0 Å². The normalized spacial score (nSPS) is 29.4. The lowest BCUT2D eigenvalue weighted by Gasteiger charge is -2.32. The Hall–Kier alpha value is -1.10. The molecule has 2 atom stereocenters. The lowest BCUT2D eigenvalue weighted by molar-refractivity contribution is -0.125. The number of fused-ring (bicyclic) bond motifs is 2. The molecule has 0 radical (unpaired) electrons. The third-order valence-corrected chi connectivity index (χ3v) is 2.61. The van der Waals surface area contributed by atoms with Crippen LogP contribution >= 0.6 is 0 Å². The molecular weight excluding hydrogens is 210 g/mol. The summed E-state index contributed by atoms with van der Waals surface area (Å²) in [5.74, 6) is 0.0936. The molecule has 0 unspecified atom stereocenters.